The molecule has 0 saturated heterocycles. The lowest BCUT2D eigenvalue weighted by atomic mass is 10.4. The first-order valence-corrected chi connectivity index (χ1v) is 5.41. The molecule has 1 aromatic heterocycles. The predicted molar refractivity (Wildman–Crippen MR) is 59.4 cm³/mol. The maximum Gasteiger partial charge on any atom is 0.323 e. The number of amides is 2. The molecule has 0 aliphatic heterocycles. The SMILES string of the molecule is CCN(C)C(=O)Nc1nc(C(C)=O)cs1. The lowest BCUT2D eigenvalue weighted by Crippen LogP contribution is -2.30. The zero-order valence-electron chi connectivity index (χ0n) is 8.90. The van der Waals surface area contributed by atoms with E-state index in [2.05, 4.69) is 10.3 Å². The van der Waals surface area contributed by atoms with Crippen molar-refractivity contribution in [3.8, 4) is 0 Å². The number of hydrogen-bond acceptors (Lipinski definition) is 4. The molecule has 0 saturated carbocycles. The number of ketones is 1. The van der Waals surface area contributed by atoms with Crippen molar-refractivity contribution in [3.63, 3.8) is 0 Å². The Bertz CT molecular complexity index is 375. The minimum atomic E-state index is -0.220. The number of Topliss-reactive ketones (excluding diaryl/α,β-unsaturated/α-hetero) is 1. The zero-order valence-corrected chi connectivity index (χ0v) is 9.72. The van der Waals surface area contributed by atoms with E-state index in [1.165, 1.54) is 23.2 Å². The number of carbonyl (C=O) groups excluding carboxylic acids is 2. The number of aromatic nitrogens is 1. The molecule has 1 heterocycles. The Labute approximate surface area is 92.1 Å². The molecule has 5 nitrogen and oxygen atoms in total. The molecule has 1 rings (SSSR count). The summed E-state index contributed by atoms with van der Waals surface area (Å²) in [5, 5.41) is 4.69. The Morgan fingerprint density at radius 2 is 2.27 bits per heavy atom. The maximum absolute atomic E-state index is 11.4. The van der Waals surface area contributed by atoms with Gasteiger partial charge in [0.2, 0.25) is 0 Å². The molecular formula is C9H13N3O2S. The van der Waals surface area contributed by atoms with Crippen LogP contribution in [0.1, 0.15) is 24.3 Å². The third-order valence-corrected chi connectivity index (χ3v) is 2.66. The number of nitrogens with one attached hydrogen (secondary N) is 1. The van der Waals surface area contributed by atoms with Crippen LogP contribution < -0.4 is 5.32 Å². The summed E-state index contributed by atoms with van der Waals surface area (Å²) in [6.45, 7) is 3.94. The van der Waals surface area contributed by atoms with Crippen LogP contribution >= 0.6 is 11.3 Å². The number of anilines is 1. The fraction of sp³-hybridized carbons (Fsp3) is 0.444. The van der Waals surface area contributed by atoms with Gasteiger partial charge in [0.05, 0.1) is 0 Å². The summed E-state index contributed by atoms with van der Waals surface area (Å²) in [6, 6.07) is -0.220. The second-order valence-corrected chi connectivity index (χ2v) is 3.90. The molecule has 82 valence electrons. The fourth-order valence-electron chi connectivity index (χ4n) is 0.823. The molecule has 0 unspecified atom stereocenters. The third-order valence-electron chi connectivity index (χ3n) is 1.90. The van der Waals surface area contributed by atoms with E-state index in [9.17, 15) is 9.59 Å². The van der Waals surface area contributed by atoms with E-state index in [4.69, 9.17) is 0 Å². The molecule has 0 aromatic carbocycles. The Kier molecular flexibility index (Phi) is 3.79. The van der Waals surface area contributed by atoms with E-state index in [-0.39, 0.29) is 11.8 Å². The average molecular weight is 227 g/mol. The quantitative estimate of drug-likeness (QED) is 0.801. The summed E-state index contributed by atoms with van der Waals surface area (Å²) >= 11 is 1.24. The van der Waals surface area contributed by atoms with Gasteiger partial charge >= 0.3 is 6.03 Å². The highest BCUT2D eigenvalue weighted by Crippen LogP contribution is 2.15. The smallest absolute Gasteiger partial charge is 0.323 e. The van der Waals surface area contributed by atoms with Gasteiger partial charge in [0.15, 0.2) is 10.9 Å². The molecule has 0 aliphatic carbocycles. The summed E-state index contributed by atoms with van der Waals surface area (Å²) in [5.74, 6) is -0.101. The van der Waals surface area contributed by atoms with E-state index >= 15 is 0 Å². The highest BCUT2D eigenvalue weighted by Gasteiger charge is 2.10. The van der Waals surface area contributed by atoms with Crippen molar-refractivity contribution in [2.45, 2.75) is 13.8 Å². The first-order valence-electron chi connectivity index (χ1n) is 4.53. The van der Waals surface area contributed by atoms with Crippen LogP contribution in [0.4, 0.5) is 9.93 Å². The van der Waals surface area contributed by atoms with Crippen LogP contribution in [0.5, 0.6) is 0 Å². The molecule has 1 aromatic rings. The Balaban J connectivity index is 2.65. The van der Waals surface area contributed by atoms with Crippen LogP contribution in [0.2, 0.25) is 0 Å². The van der Waals surface area contributed by atoms with Gasteiger partial charge in [-0.25, -0.2) is 9.78 Å². The largest absolute Gasteiger partial charge is 0.328 e. The predicted octanol–water partition coefficient (Wildman–Crippen LogP) is 1.83. The number of thiazole rings is 1. The Morgan fingerprint density at radius 3 is 2.73 bits per heavy atom. The first-order chi connectivity index (χ1) is 7.04. The molecule has 0 spiro atoms. The molecule has 0 bridgehead atoms. The molecule has 0 radical (unpaired) electrons. The molecule has 1 N–H and O–H groups in total. The highest BCUT2D eigenvalue weighted by atomic mass is 32.1. The van der Waals surface area contributed by atoms with Crippen molar-refractivity contribution in [2.75, 3.05) is 18.9 Å². The summed E-state index contributed by atoms with van der Waals surface area (Å²) in [6.07, 6.45) is 0. The van der Waals surface area contributed by atoms with E-state index in [1.807, 2.05) is 6.92 Å². The van der Waals surface area contributed by atoms with Gasteiger partial charge < -0.3 is 4.90 Å². The zero-order chi connectivity index (χ0) is 11.4. The molecule has 2 amide bonds. The lowest BCUT2D eigenvalue weighted by Gasteiger charge is -2.13. The van der Waals surface area contributed by atoms with Crippen LogP contribution in [-0.4, -0.2) is 35.3 Å². The molecule has 0 fully saturated rings. The van der Waals surface area contributed by atoms with Crippen molar-refractivity contribution in [1.82, 2.24) is 9.88 Å². The average Bonchev–Trinajstić information content (AvgIpc) is 2.65. The lowest BCUT2D eigenvalue weighted by molar-refractivity contribution is 0.101. The van der Waals surface area contributed by atoms with Crippen LogP contribution in [0, 0.1) is 0 Å². The summed E-state index contributed by atoms with van der Waals surface area (Å²) < 4.78 is 0. The van der Waals surface area contributed by atoms with Crippen molar-refractivity contribution >= 4 is 28.3 Å². The molecular weight excluding hydrogens is 214 g/mol. The van der Waals surface area contributed by atoms with Gasteiger partial charge in [0, 0.05) is 25.9 Å². The van der Waals surface area contributed by atoms with E-state index in [0.717, 1.165) is 0 Å². The number of carbonyl (C=O) groups is 2. The van der Waals surface area contributed by atoms with Crippen LogP contribution in [0.3, 0.4) is 0 Å². The second kappa shape index (κ2) is 4.88. The van der Waals surface area contributed by atoms with Gasteiger partial charge in [0.1, 0.15) is 5.69 Å². The summed E-state index contributed by atoms with van der Waals surface area (Å²) in [7, 11) is 1.69. The molecule has 0 atom stereocenters. The van der Waals surface area contributed by atoms with Gasteiger partial charge in [-0.15, -0.1) is 11.3 Å². The van der Waals surface area contributed by atoms with Crippen LogP contribution in [0.15, 0.2) is 5.38 Å². The van der Waals surface area contributed by atoms with Crippen LogP contribution in [0.25, 0.3) is 0 Å². The van der Waals surface area contributed by atoms with Gasteiger partial charge in [-0.3, -0.25) is 10.1 Å². The van der Waals surface area contributed by atoms with E-state index in [1.54, 1.807) is 12.4 Å². The van der Waals surface area contributed by atoms with Gasteiger partial charge in [0.25, 0.3) is 0 Å². The highest BCUT2D eigenvalue weighted by molar-refractivity contribution is 7.14. The third kappa shape index (κ3) is 3.02. The molecule has 6 heteroatoms. The number of urea groups is 1. The van der Waals surface area contributed by atoms with Gasteiger partial charge in [-0.1, -0.05) is 0 Å². The fourth-order valence-corrected chi connectivity index (χ4v) is 1.56. The number of nitrogens with zero attached hydrogens (tertiary/aromatic N) is 2. The van der Waals surface area contributed by atoms with E-state index < -0.39 is 0 Å². The topological polar surface area (TPSA) is 62.3 Å². The monoisotopic (exact) mass is 227 g/mol. The van der Waals surface area contributed by atoms with Crippen molar-refractivity contribution < 1.29 is 9.59 Å². The van der Waals surface area contributed by atoms with Crippen LogP contribution in [-0.2, 0) is 0 Å². The summed E-state index contributed by atoms with van der Waals surface area (Å²) in [5.41, 5.74) is 0.384. The standard InChI is InChI=1S/C9H13N3O2S/c1-4-12(3)9(14)11-8-10-7(5-15-8)6(2)13/h5H,4H2,1-3H3,(H,10,11,14). The van der Waals surface area contributed by atoms with Crippen molar-refractivity contribution in [3.05, 3.63) is 11.1 Å². The first kappa shape index (κ1) is 11.6. The Morgan fingerprint density at radius 1 is 1.60 bits per heavy atom. The van der Waals surface area contributed by atoms with Crippen molar-refractivity contribution in [1.29, 1.82) is 0 Å². The second-order valence-electron chi connectivity index (χ2n) is 3.04. The van der Waals surface area contributed by atoms with E-state index in [0.29, 0.717) is 17.4 Å². The van der Waals surface area contributed by atoms with Gasteiger partial charge in [-0.05, 0) is 6.92 Å². The minimum absolute atomic E-state index is 0.101. The molecule has 15 heavy (non-hydrogen) atoms. The normalized spacial score (nSPS) is 9.80. The number of hydrogen-bond donors (Lipinski definition) is 1. The Hall–Kier alpha value is -1.43. The van der Waals surface area contributed by atoms with Crippen molar-refractivity contribution in [2.24, 2.45) is 0 Å². The molecule has 0 aliphatic rings. The number of rotatable bonds is 3. The maximum atomic E-state index is 11.4. The van der Waals surface area contributed by atoms with Gasteiger partial charge in [-0.2, -0.15) is 0 Å². The summed E-state index contributed by atoms with van der Waals surface area (Å²) in [4.78, 5) is 27.9. The minimum Gasteiger partial charge on any atom is -0.328 e.